The van der Waals surface area contributed by atoms with Crippen molar-refractivity contribution in [3.05, 3.63) is 23.3 Å². The highest BCUT2D eigenvalue weighted by molar-refractivity contribution is 5.20. The Morgan fingerprint density at radius 3 is 2.10 bits per heavy atom. The van der Waals surface area contributed by atoms with E-state index in [1.54, 1.807) is 13.0 Å². The van der Waals surface area contributed by atoms with Gasteiger partial charge in [-0.05, 0) is 26.3 Å². The fourth-order valence-corrected chi connectivity index (χ4v) is 0.505. The van der Waals surface area contributed by atoms with E-state index >= 15 is 0 Å². The molecule has 0 bridgehead atoms. The first kappa shape index (κ1) is 9.34. The predicted molar refractivity (Wildman–Crippen MR) is 39.2 cm³/mol. The molecule has 0 nitrogen and oxygen atoms in total. The van der Waals surface area contributed by atoms with Crippen LogP contribution in [0.3, 0.4) is 0 Å². The highest BCUT2D eigenvalue weighted by atomic mass is 19.3. The van der Waals surface area contributed by atoms with Crippen molar-refractivity contribution in [2.24, 2.45) is 0 Å². The molecule has 0 spiro atoms. The van der Waals surface area contributed by atoms with E-state index < -0.39 is 6.43 Å². The van der Waals surface area contributed by atoms with Crippen LogP contribution in [-0.4, -0.2) is 6.43 Å². The van der Waals surface area contributed by atoms with Gasteiger partial charge in [-0.2, -0.15) is 0 Å². The minimum atomic E-state index is -2.32. The number of rotatable bonds is 2. The van der Waals surface area contributed by atoms with E-state index in [-0.39, 0.29) is 5.57 Å². The SMILES string of the molecule is C/C=C(C)/C=C(\C)C(F)F. The van der Waals surface area contributed by atoms with Gasteiger partial charge >= 0.3 is 0 Å². The maximum Gasteiger partial charge on any atom is 0.259 e. The van der Waals surface area contributed by atoms with Crippen LogP contribution in [0.1, 0.15) is 20.8 Å². The van der Waals surface area contributed by atoms with E-state index in [1.165, 1.54) is 13.0 Å². The van der Waals surface area contributed by atoms with Crippen LogP contribution >= 0.6 is 0 Å². The average Bonchev–Trinajstić information content (AvgIpc) is 1.87. The summed E-state index contributed by atoms with van der Waals surface area (Å²) in [6.07, 6.45) is 0.964. The molecule has 0 saturated carbocycles. The maximum atomic E-state index is 11.8. The van der Waals surface area contributed by atoms with Crippen molar-refractivity contribution in [2.45, 2.75) is 27.2 Å². The van der Waals surface area contributed by atoms with Crippen LogP contribution in [-0.2, 0) is 0 Å². The second kappa shape index (κ2) is 4.20. The summed E-state index contributed by atoms with van der Waals surface area (Å²) in [5.41, 5.74) is 0.994. The van der Waals surface area contributed by atoms with Crippen molar-refractivity contribution in [1.82, 2.24) is 0 Å². The van der Waals surface area contributed by atoms with Gasteiger partial charge < -0.3 is 0 Å². The van der Waals surface area contributed by atoms with Gasteiger partial charge in [0.15, 0.2) is 0 Å². The Labute approximate surface area is 60.2 Å². The van der Waals surface area contributed by atoms with Gasteiger partial charge in [-0.3, -0.25) is 0 Å². The Bertz CT molecular complexity index is 155. The van der Waals surface area contributed by atoms with Crippen LogP contribution in [0.4, 0.5) is 8.78 Å². The molecule has 0 aromatic rings. The number of alkyl halides is 2. The monoisotopic (exact) mass is 146 g/mol. The summed E-state index contributed by atoms with van der Waals surface area (Å²) in [6.45, 7) is 5.05. The molecule has 0 unspecified atom stereocenters. The lowest BCUT2D eigenvalue weighted by Crippen LogP contribution is -1.91. The maximum absolute atomic E-state index is 11.8. The quantitative estimate of drug-likeness (QED) is 0.525. The van der Waals surface area contributed by atoms with E-state index in [0.29, 0.717) is 0 Å². The summed E-state index contributed by atoms with van der Waals surface area (Å²) in [6, 6.07) is 0. The summed E-state index contributed by atoms with van der Waals surface area (Å²) in [5.74, 6) is 0. The molecule has 0 aliphatic carbocycles. The predicted octanol–water partition coefficient (Wildman–Crippen LogP) is 3.16. The molecule has 0 N–H and O–H groups in total. The molecule has 2 heteroatoms. The fraction of sp³-hybridized carbons (Fsp3) is 0.500. The summed E-state index contributed by atoms with van der Waals surface area (Å²) < 4.78 is 23.7. The van der Waals surface area contributed by atoms with Gasteiger partial charge in [0.1, 0.15) is 0 Å². The molecule has 0 aromatic heterocycles. The Balaban J connectivity index is 4.17. The lowest BCUT2D eigenvalue weighted by molar-refractivity contribution is 0.190. The van der Waals surface area contributed by atoms with Crippen molar-refractivity contribution in [1.29, 1.82) is 0 Å². The molecule has 0 atom stereocenters. The minimum Gasteiger partial charge on any atom is -0.205 e. The molecule has 58 valence electrons. The van der Waals surface area contributed by atoms with Gasteiger partial charge in [0, 0.05) is 0 Å². The van der Waals surface area contributed by atoms with Crippen LogP contribution in [0.15, 0.2) is 23.3 Å². The third kappa shape index (κ3) is 3.38. The molecule has 0 rings (SSSR count). The number of hydrogen-bond acceptors (Lipinski definition) is 0. The van der Waals surface area contributed by atoms with E-state index in [1.807, 2.05) is 6.92 Å². The Hall–Kier alpha value is -0.660. The van der Waals surface area contributed by atoms with Crippen LogP contribution in [0, 0.1) is 0 Å². The lowest BCUT2D eigenvalue weighted by atomic mass is 10.2. The summed E-state index contributed by atoms with van der Waals surface area (Å²) >= 11 is 0. The normalized spacial score (nSPS) is 14.6. The first-order valence-corrected chi connectivity index (χ1v) is 3.17. The topological polar surface area (TPSA) is 0 Å². The number of allylic oxidation sites excluding steroid dienone is 4. The molecule has 0 aliphatic heterocycles. The molecule has 0 aromatic carbocycles. The molecule has 0 fully saturated rings. The van der Waals surface area contributed by atoms with Gasteiger partial charge in [0.05, 0.1) is 0 Å². The molecule has 10 heavy (non-hydrogen) atoms. The Morgan fingerprint density at radius 1 is 1.30 bits per heavy atom. The van der Waals surface area contributed by atoms with Crippen LogP contribution in [0.2, 0.25) is 0 Å². The third-order valence-electron chi connectivity index (χ3n) is 1.25. The summed E-state index contributed by atoms with van der Waals surface area (Å²) in [5, 5.41) is 0. The van der Waals surface area contributed by atoms with Crippen LogP contribution in [0.5, 0.6) is 0 Å². The standard InChI is InChI=1S/C8H12F2/c1-4-6(2)5-7(3)8(9)10/h4-5,8H,1-3H3/b6-4+,7-5+. The zero-order valence-corrected chi connectivity index (χ0v) is 6.49. The highest BCUT2D eigenvalue weighted by Crippen LogP contribution is 2.09. The third-order valence-corrected chi connectivity index (χ3v) is 1.25. The Kier molecular flexibility index (Phi) is 3.93. The van der Waals surface area contributed by atoms with Gasteiger partial charge in [0.25, 0.3) is 6.43 Å². The van der Waals surface area contributed by atoms with E-state index in [9.17, 15) is 8.78 Å². The smallest absolute Gasteiger partial charge is 0.205 e. The lowest BCUT2D eigenvalue weighted by Gasteiger charge is -1.97. The van der Waals surface area contributed by atoms with Gasteiger partial charge in [-0.15, -0.1) is 0 Å². The highest BCUT2D eigenvalue weighted by Gasteiger charge is 2.03. The van der Waals surface area contributed by atoms with Gasteiger partial charge in [-0.25, -0.2) is 8.78 Å². The molecule has 0 heterocycles. The van der Waals surface area contributed by atoms with Crippen molar-refractivity contribution >= 4 is 0 Å². The molecule has 0 aliphatic rings. The Morgan fingerprint density at radius 2 is 1.80 bits per heavy atom. The second-order valence-corrected chi connectivity index (χ2v) is 2.22. The van der Waals surface area contributed by atoms with Gasteiger partial charge in [-0.1, -0.05) is 17.7 Å². The van der Waals surface area contributed by atoms with Crippen molar-refractivity contribution < 1.29 is 8.78 Å². The number of hydrogen-bond donors (Lipinski definition) is 0. The minimum absolute atomic E-state index is 0.121. The van der Waals surface area contributed by atoms with Crippen molar-refractivity contribution in [3.63, 3.8) is 0 Å². The summed E-state index contributed by atoms with van der Waals surface area (Å²) in [4.78, 5) is 0. The first-order chi connectivity index (χ1) is 4.57. The van der Waals surface area contributed by atoms with Crippen molar-refractivity contribution in [2.75, 3.05) is 0 Å². The van der Waals surface area contributed by atoms with Crippen molar-refractivity contribution in [3.8, 4) is 0 Å². The zero-order chi connectivity index (χ0) is 8.15. The van der Waals surface area contributed by atoms with E-state index in [0.717, 1.165) is 5.57 Å². The molecule has 0 radical (unpaired) electrons. The molecular formula is C8H12F2. The zero-order valence-electron chi connectivity index (χ0n) is 6.49. The first-order valence-electron chi connectivity index (χ1n) is 3.17. The molecule has 0 saturated heterocycles. The van der Waals surface area contributed by atoms with Crippen LogP contribution in [0.25, 0.3) is 0 Å². The van der Waals surface area contributed by atoms with E-state index in [4.69, 9.17) is 0 Å². The molecule has 0 amide bonds. The largest absolute Gasteiger partial charge is 0.259 e. The molecular weight excluding hydrogens is 134 g/mol. The average molecular weight is 146 g/mol. The van der Waals surface area contributed by atoms with Gasteiger partial charge in [0.2, 0.25) is 0 Å². The van der Waals surface area contributed by atoms with E-state index in [2.05, 4.69) is 0 Å². The fourth-order valence-electron chi connectivity index (χ4n) is 0.505. The number of halogens is 2. The summed E-state index contributed by atoms with van der Waals surface area (Å²) in [7, 11) is 0. The second-order valence-electron chi connectivity index (χ2n) is 2.22. The van der Waals surface area contributed by atoms with Crippen LogP contribution < -0.4 is 0 Å².